The fraction of sp³-hybridized carbons (Fsp3) is 0.353. The highest BCUT2D eigenvalue weighted by molar-refractivity contribution is 5.95. The van der Waals surface area contributed by atoms with Gasteiger partial charge in [-0.25, -0.2) is 4.68 Å². The van der Waals surface area contributed by atoms with E-state index < -0.39 is 12.1 Å². The van der Waals surface area contributed by atoms with Crippen molar-refractivity contribution in [3.63, 3.8) is 0 Å². The molecule has 0 aliphatic carbocycles. The Bertz CT molecular complexity index is 742. The number of carboxylic acids is 1. The molecule has 0 unspecified atom stereocenters. The molecule has 2 heterocycles. The van der Waals surface area contributed by atoms with Crippen molar-refractivity contribution < 1.29 is 19.4 Å². The molecule has 3 rings (SSSR count). The van der Waals surface area contributed by atoms with Crippen molar-refractivity contribution in [3.8, 4) is 5.69 Å². The molecule has 0 saturated carbocycles. The van der Waals surface area contributed by atoms with E-state index in [2.05, 4.69) is 5.10 Å². The van der Waals surface area contributed by atoms with Gasteiger partial charge in [-0.05, 0) is 19.1 Å². The summed E-state index contributed by atoms with van der Waals surface area (Å²) in [5, 5.41) is 13.2. The van der Waals surface area contributed by atoms with Crippen molar-refractivity contribution in [2.45, 2.75) is 19.4 Å². The van der Waals surface area contributed by atoms with E-state index in [0.717, 1.165) is 11.4 Å². The molecule has 0 spiro atoms. The molecule has 1 aliphatic heterocycles. The van der Waals surface area contributed by atoms with E-state index in [4.69, 9.17) is 9.84 Å². The summed E-state index contributed by atoms with van der Waals surface area (Å²) in [6.45, 7) is 2.92. The van der Waals surface area contributed by atoms with Gasteiger partial charge in [0.15, 0.2) is 0 Å². The number of benzene rings is 1. The van der Waals surface area contributed by atoms with Gasteiger partial charge in [-0.1, -0.05) is 18.2 Å². The van der Waals surface area contributed by atoms with Gasteiger partial charge in [0.2, 0.25) is 0 Å². The molecule has 1 saturated heterocycles. The van der Waals surface area contributed by atoms with Crippen LogP contribution in [0.3, 0.4) is 0 Å². The SMILES string of the molecule is Cc1c(C(=O)N2CCO[C@H](CC(=O)O)C2)cnn1-c1ccccc1. The van der Waals surface area contributed by atoms with Crippen LogP contribution in [0.2, 0.25) is 0 Å². The summed E-state index contributed by atoms with van der Waals surface area (Å²) in [7, 11) is 0. The number of hydrogen-bond acceptors (Lipinski definition) is 4. The zero-order chi connectivity index (χ0) is 17.1. The molecule has 1 N–H and O–H groups in total. The maximum atomic E-state index is 12.8. The number of aromatic nitrogens is 2. The number of amides is 1. The third kappa shape index (κ3) is 3.30. The van der Waals surface area contributed by atoms with Gasteiger partial charge in [-0.15, -0.1) is 0 Å². The van der Waals surface area contributed by atoms with Crippen LogP contribution in [0, 0.1) is 6.92 Å². The summed E-state index contributed by atoms with van der Waals surface area (Å²) in [6, 6.07) is 9.59. The number of carbonyl (C=O) groups excluding carboxylic acids is 1. The summed E-state index contributed by atoms with van der Waals surface area (Å²) in [5.41, 5.74) is 2.17. The average Bonchev–Trinajstić information content (AvgIpc) is 2.96. The smallest absolute Gasteiger partial charge is 0.306 e. The third-order valence-electron chi connectivity index (χ3n) is 4.07. The molecule has 1 atom stereocenters. The van der Waals surface area contributed by atoms with Gasteiger partial charge in [0.1, 0.15) is 0 Å². The lowest BCUT2D eigenvalue weighted by molar-refractivity contribution is -0.141. The molecule has 7 heteroatoms. The van der Waals surface area contributed by atoms with E-state index in [9.17, 15) is 9.59 Å². The van der Waals surface area contributed by atoms with Gasteiger partial charge in [0.05, 0.1) is 42.3 Å². The minimum atomic E-state index is -0.928. The lowest BCUT2D eigenvalue weighted by Gasteiger charge is -2.32. The third-order valence-corrected chi connectivity index (χ3v) is 4.07. The van der Waals surface area contributed by atoms with Crippen molar-refractivity contribution in [2.75, 3.05) is 19.7 Å². The molecule has 0 bridgehead atoms. The van der Waals surface area contributed by atoms with Crippen LogP contribution < -0.4 is 0 Å². The molecule has 0 radical (unpaired) electrons. The minimum absolute atomic E-state index is 0.105. The predicted molar refractivity (Wildman–Crippen MR) is 86.2 cm³/mol. The van der Waals surface area contributed by atoms with Crippen molar-refractivity contribution >= 4 is 11.9 Å². The number of rotatable bonds is 4. The highest BCUT2D eigenvalue weighted by atomic mass is 16.5. The summed E-state index contributed by atoms with van der Waals surface area (Å²) in [5.74, 6) is -1.07. The number of carboxylic acid groups (broad SMARTS) is 1. The van der Waals surface area contributed by atoms with Crippen molar-refractivity contribution in [2.24, 2.45) is 0 Å². The van der Waals surface area contributed by atoms with Crippen LogP contribution in [0.25, 0.3) is 5.69 Å². The molecular weight excluding hydrogens is 310 g/mol. The summed E-state index contributed by atoms with van der Waals surface area (Å²) in [4.78, 5) is 25.2. The van der Waals surface area contributed by atoms with E-state index in [1.165, 1.54) is 0 Å². The monoisotopic (exact) mass is 329 g/mol. The first-order chi connectivity index (χ1) is 11.6. The van der Waals surface area contributed by atoms with Crippen molar-refractivity contribution in [1.82, 2.24) is 14.7 Å². The molecule has 2 aromatic rings. The molecule has 1 amide bonds. The molecule has 24 heavy (non-hydrogen) atoms. The lowest BCUT2D eigenvalue weighted by atomic mass is 10.1. The number of morpholine rings is 1. The van der Waals surface area contributed by atoms with Crippen LogP contribution in [0.5, 0.6) is 0 Å². The van der Waals surface area contributed by atoms with Crippen molar-refractivity contribution in [3.05, 3.63) is 47.8 Å². The van der Waals surface area contributed by atoms with E-state index in [1.807, 2.05) is 37.3 Å². The Labute approximate surface area is 139 Å². The topological polar surface area (TPSA) is 84.7 Å². The molecule has 1 aromatic heterocycles. The molecular formula is C17H19N3O4. The number of ether oxygens (including phenoxy) is 1. The zero-order valence-corrected chi connectivity index (χ0v) is 13.4. The fourth-order valence-corrected chi connectivity index (χ4v) is 2.84. The second-order valence-corrected chi connectivity index (χ2v) is 5.73. The zero-order valence-electron chi connectivity index (χ0n) is 13.4. The molecule has 7 nitrogen and oxygen atoms in total. The quantitative estimate of drug-likeness (QED) is 0.919. The van der Waals surface area contributed by atoms with Gasteiger partial charge in [-0.2, -0.15) is 5.10 Å². The van der Waals surface area contributed by atoms with E-state index >= 15 is 0 Å². The Kier molecular flexibility index (Phi) is 4.61. The maximum Gasteiger partial charge on any atom is 0.306 e. The number of aliphatic carboxylic acids is 1. The van der Waals surface area contributed by atoms with Crippen LogP contribution in [-0.2, 0) is 9.53 Å². The lowest BCUT2D eigenvalue weighted by Crippen LogP contribution is -2.46. The minimum Gasteiger partial charge on any atom is -0.481 e. The van der Waals surface area contributed by atoms with Crippen LogP contribution in [-0.4, -0.2) is 57.5 Å². The van der Waals surface area contributed by atoms with Gasteiger partial charge < -0.3 is 14.7 Å². The van der Waals surface area contributed by atoms with Crippen LogP contribution in [0.1, 0.15) is 22.5 Å². The predicted octanol–water partition coefficient (Wildman–Crippen LogP) is 1.50. The highest BCUT2D eigenvalue weighted by Gasteiger charge is 2.28. The highest BCUT2D eigenvalue weighted by Crippen LogP contribution is 2.18. The van der Waals surface area contributed by atoms with Gasteiger partial charge in [0, 0.05) is 13.1 Å². The maximum absolute atomic E-state index is 12.8. The molecule has 1 aromatic carbocycles. The van der Waals surface area contributed by atoms with E-state index in [1.54, 1.807) is 15.8 Å². The fourth-order valence-electron chi connectivity index (χ4n) is 2.84. The normalized spacial score (nSPS) is 17.7. The Morgan fingerprint density at radius 1 is 1.33 bits per heavy atom. The molecule has 126 valence electrons. The first-order valence-electron chi connectivity index (χ1n) is 7.79. The number of para-hydroxylation sites is 1. The number of hydrogen-bond donors (Lipinski definition) is 1. The average molecular weight is 329 g/mol. The molecule has 1 aliphatic rings. The van der Waals surface area contributed by atoms with Crippen molar-refractivity contribution in [1.29, 1.82) is 0 Å². The van der Waals surface area contributed by atoms with Crippen LogP contribution in [0.15, 0.2) is 36.5 Å². The Morgan fingerprint density at radius 3 is 2.79 bits per heavy atom. The number of carbonyl (C=O) groups is 2. The number of nitrogens with zero attached hydrogens (tertiary/aromatic N) is 3. The van der Waals surface area contributed by atoms with E-state index in [-0.39, 0.29) is 18.9 Å². The van der Waals surface area contributed by atoms with Gasteiger partial charge in [-0.3, -0.25) is 9.59 Å². The summed E-state index contributed by atoms with van der Waals surface area (Å²) < 4.78 is 7.14. The van der Waals surface area contributed by atoms with Crippen LogP contribution in [0.4, 0.5) is 0 Å². The van der Waals surface area contributed by atoms with Gasteiger partial charge in [0.25, 0.3) is 5.91 Å². The Hall–Kier alpha value is -2.67. The van der Waals surface area contributed by atoms with Gasteiger partial charge >= 0.3 is 5.97 Å². The van der Waals surface area contributed by atoms with Crippen LogP contribution >= 0.6 is 0 Å². The standard InChI is InChI=1S/C17H19N3O4/c1-12-15(10-18-20(12)13-5-3-2-4-6-13)17(23)19-7-8-24-14(11-19)9-16(21)22/h2-6,10,14H,7-9,11H2,1H3,(H,21,22)/t14-/m1/s1. The second-order valence-electron chi connectivity index (χ2n) is 5.73. The molecule has 1 fully saturated rings. The Morgan fingerprint density at radius 2 is 2.08 bits per heavy atom. The Balaban J connectivity index is 1.78. The first-order valence-corrected chi connectivity index (χ1v) is 7.79. The largest absolute Gasteiger partial charge is 0.481 e. The summed E-state index contributed by atoms with van der Waals surface area (Å²) in [6.07, 6.45) is 0.989. The second kappa shape index (κ2) is 6.84. The van der Waals surface area contributed by atoms with E-state index in [0.29, 0.717) is 18.7 Å². The summed E-state index contributed by atoms with van der Waals surface area (Å²) >= 11 is 0. The first kappa shape index (κ1) is 16.2.